The lowest BCUT2D eigenvalue weighted by molar-refractivity contribution is -0.116. The monoisotopic (exact) mass is 561 g/mol. The molecular weight excluding hydrogens is 536 g/mol. The summed E-state index contributed by atoms with van der Waals surface area (Å²) in [5, 5.41) is 18.8. The van der Waals surface area contributed by atoms with E-state index in [-0.39, 0.29) is 46.9 Å². The third kappa shape index (κ3) is 5.40. The molecule has 4 aromatic rings. The van der Waals surface area contributed by atoms with Gasteiger partial charge >= 0.3 is 5.97 Å². The number of hydrogen-bond acceptors (Lipinski definition) is 6. The molecule has 0 radical (unpaired) electrons. The van der Waals surface area contributed by atoms with E-state index in [4.69, 9.17) is 0 Å². The maximum absolute atomic E-state index is 14.5. The number of carboxylic acids is 1. The maximum Gasteiger partial charge on any atom is 0.335 e. The predicted octanol–water partition coefficient (Wildman–Crippen LogP) is 3.49. The van der Waals surface area contributed by atoms with Crippen molar-refractivity contribution in [2.24, 2.45) is 0 Å². The molecule has 0 spiro atoms. The van der Waals surface area contributed by atoms with Gasteiger partial charge in [-0.3, -0.25) is 14.4 Å². The van der Waals surface area contributed by atoms with Crippen LogP contribution in [0.4, 0.5) is 8.78 Å². The Bertz CT molecular complexity index is 1750. The molecule has 1 aliphatic carbocycles. The summed E-state index contributed by atoms with van der Waals surface area (Å²) in [6, 6.07) is 8.10. The summed E-state index contributed by atoms with van der Waals surface area (Å²) < 4.78 is 29.5. The molecular formula is C29H25F2N5O5. The summed E-state index contributed by atoms with van der Waals surface area (Å²) in [6.07, 6.45) is 1.90. The second-order valence-electron chi connectivity index (χ2n) is 9.92. The number of rotatable bonds is 8. The number of hydrogen-bond donors (Lipinski definition) is 3. The van der Waals surface area contributed by atoms with Crippen molar-refractivity contribution in [2.75, 3.05) is 0 Å². The molecule has 2 amide bonds. The molecule has 2 heterocycles. The highest BCUT2D eigenvalue weighted by molar-refractivity contribution is 5.98. The summed E-state index contributed by atoms with van der Waals surface area (Å²) in [4.78, 5) is 53.3. The second-order valence-corrected chi connectivity index (χ2v) is 9.92. The van der Waals surface area contributed by atoms with Crippen LogP contribution in [0.2, 0.25) is 0 Å². The third-order valence-electron chi connectivity index (χ3n) is 7.13. The van der Waals surface area contributed by atoms with Crippen LogP contribution in [0, 0.1) is 18.6 Å². The van der Waals surface area contributed by atoms with Gasteiger partial charge in [-0.15, -0.1) is 0 Å². The van der Waals surface area contributed by atoms with Gasteiger partial charge in [-0.25, -0.2) is 23.1 Å². The van der Waals surface area contributed by atoms with Crippen molar-refractivity contribution in [2.45, 2.75) is 45.7 Å². The van der Waals surface area contributed by atoms with E-state index < -0.39 is 35.5 Å². The highest BCUT2D eigenvalue weighted by atomic mass is 19.1. The number of halogens is 2. The molecule has 10 nitrogen and oxygen atoms in total. The number of aromatic carboxylic acids is 1. The normalized spacial score (nSPS) is 14.1. The van der Waals surface area contributed by atoms with Crippen LogP contribution in [0.1, 0.15) is 78.5 Å². The fourth-order valence-electron chi connectivity index (χ4n) is 5.12. The molecule has 5 rings (SSSR count). The van der Waals surface area contributed by atoms with E-state index in [1.165, 1.54) is 37.3 Å². The molecule has 12 heteroatoms. The summed E-state index contributed by atoms with van der Waals surface area (Å²) in [6.45, 7) is 3.05. The summed E-state index contributed by atoms with van der Waals surface area (Å²) in [7, 11) is 0. The zero-order valence-corrected chi connectivity index (χ0v) is 22.1. The topological polar surface area (TPSA) is 143 Å². The number of benzene rings is 2. The number of carboxylic acid groups (broad SMARTS) is 1. The van der Waals surface area contributed by atoms with E-state index in [0.29, 0.717) is 24.0 Å². The molecule has 0 saturated carbocycles. The molecule has 0 unspecified atom stereocenters. The minimum Gasteiger partial charge on any atom is -0.478 e. The first-order valence-corrected chi connectivity index (χ1v) is 12.8. The molecule has 2 aromatic carbocycles. The molecule has 0 aliphatic heterocycles. The van der Waals surface area contributed by atoms with Crippen molar-refractivity contribution in [1.82, 2.24) is 25.2 Å². The summed E-state index contributed by atoms with van der Waals surface area (Å²) in [5.41, 5.74) is 2.54. The SMILES string of the molecule is CC(=O)Cc1cc(CNC(=O)c2cc(C(=O)N[C@H]3CCc4c3ccc(C(=O)O)c4C)n3ncc(F)c3n2)ccc1F. The van der Waals surface area contributed by atoms with Crippen molar-refractivity contribution < 1.29 is 33.1 Å². The number of nitrogens with one attached hydrogen (secondary N) is 2. The molecule has 41 heavy (non-hydrogen) atoms. The Balaban J connectivity index is 1.38. The van der Waals surface area contributed by atoms with Gasteiger partial charge in [-0.2, -0.15) is 5.10 Å². The van der Waals surface area contributed by atoms with Gasteiger partial charge in [0, 0.05) is 19.0 Å². The minimum atomic E-state index is -1.03. The first-order valence-electron chi connectivity index (χ1n) is 12.8. The molecule has 1 aliphatic rings. The van der Waals surface area contributed by atoms with E-state index in [2.05, 4.69) is 20.7 Å². The third-order valence-corrected chi connectivity index (χ3v) is 7.13. The van der Waals surface area contributed by atoms with Crippen molar-refractivity contribution in [3.05, 3.63) is 99.0 Å². The van der Waals surface area contributed by atoms with Gasteiger partial charge in [-0.1, -0.05) is 18.2 Å². The summed E-state index contributed by atoms with van der Waals surface area (Å²) in [5.74, 6) is -3.93. The average Bonchev–Trinajstić information content (AvgIpc) is 3.51. The number of ketones is 1. The summed E-state index contributed by atoms with van der Waals surface area (Å²) >= 11 is 0. The Kier molecular flexibility index (Phi) is 7.31. The number of Topliss-reactive ketones (excluding diaryl/α,β-unsaturated/α-hetero) is 1. The van der Waals surface area contributed by atoms with Gasteiger partial charge < -0.3 is 15.7 Å². The predicted molar refractivity (Wildman–Crippen MR) is 142 cm³/mol. The largest absolute Gasteiger partial charge is 0.478 e. The number of carbonyl (C=O) groups is 4. The van der Waals surface area contributed by atoms with Crippen molar-refractivity contribution in [1.29, 1.82) is 0 Å². The number of amides is 2. The van der Waals surface area contributed by atoms with E-state index in [9.17, 15) is 33.1 Å². The van der Waals surface area contributed by atoms with Crippen LogP contribution in [0.3, 0.4) is 0 Å². The van der Waals surface area contributed by atoms with E-state index in [0.717, 1.165) is 21.8 Å². The van der Waals surface area contributed by atoms with Crippen molar-refractivity contribution in [3.8, 4) is 0 Å². The lowest BCUT2D eigenvalue weighted by Crippen LogP contribution is -2.30. The van der Waals surface area contributed by atoms with Crippen LogP contribution in [0.25, 0.3) is 5.65 Å². The van der Waals surface area contributed by atoms with Gasteiger partial charge in [0.1, 0.15) is 23.0 Å². The Labute approximate surface area is 232 Å². The van der Waals surface area contributed by atoms with Gasteiger partial charge in [0.15, 0.2) is 11.5 Å². The average molecular weight is 562 g/mol. The Morgan fingerprint density at radius 1 is 1.07 bits per heavy atom. The number of fused-ring (bicyclic) bond motifs is 2. The maximum atomic E-state index is 14.5. The molecule has 0 fully saturated rings. The van der Waals surface area contributed by atoms with Crippen LogP contribution >= 0.6 is 0 Å². The number of aromatic nitrogens is 3. The molecule has 210 valence electrons. The van der Waals surface area contributed by atoms with Crippen molar-refractivity contribution >= 4 is 29.2 Å². The van der Waals surface area contributed by atoms with Gasteiger partial charge in [-0.05, 0) is 66.6 Å². The Morgan fingerprint density at radius 3 is 2.59 bits per heavy atom. The second kappa shape index (κ2) is 10.9. The fraction of sp³-hybridized carbons (Fsp3) is 0.241. The van der Waals surface area contributed by atoms with Crippen molar-refractivity contribution in [3.63, 3.8) is 0 Å². The smallest absolute Gasteiger partial charge is 0.335 e. The van der Waals surface area contributed by atoms with Crippen LogP contribution in [-0.2, 0) is 24.2 Å². The van der Waals surface area contributed by atoms with Gasteiger partial charge in [0.05, 0.1) is 17.8 Å². The molecule has 3 N–H and O–H groups in total. The van der Waals surface area contributed by atoms with Crippen LogP contribution < -0.4 is 10.6 Å². The highest BCUT2D eigenvalue weighted by Crippen LogP contribution is 2.35. The lowest BCUT2D eigenvalue weighted by Gasteiger charge is -2.16. The van der Waals surface area contributed by atoms with E-state index >= 15 is 0 Å². The zero-order chi connectivity index (χ0) is 29.4. The molecule has 2 aromatic heterocycles. The van der Waals surface area contributed by atoms with Crippen LogP contribution in [0.15, 0.2) is 42.6 Å². The fourth-order valence-corrected chi connectivity index (χ4v) is 5.12. The molecule has 0 bridgehead atoms. The van der Waals surface area contributed by atoms with Crippen LogP contribution in [0.5, 0.6) is 0 Å². The lowest BCUT2D eigenvalue weighted by atomic mass is 9.98. The quantitative estimate of drug-likeness (QED) is 0.299. The van der Waals surface area contributed by atoms with E-state index in [1.807, 2.05) is 0 Å². The Morgan fingerprint density at radius 2 is 1.85 bits per heavy atom. The first-order chi connectivity index (χ1) is 19.5. The minimum absolute atomic E-state index is 0.0311. The molecule has 1 atom stereocenters. The number of nitrogens with zero attached hydrogens (tertiary/aromatic N) is 3. The number of carbonyl (C=O) groups excluding carboxylic acids is 3. The van der Waals surface area contributed by atoms with E-state index in [1.54, 1.807) is 13.0 Å². The standard InChI is InChI=1S/C29H25F2N5O5/c1-14(37)9-17-10-16(3-7-21(17)30)12-32-27(38)24-11-25(36-26(34-24)22(31)13-33-36)28(39)35-23-8-6-18-15(2)19(29(40)41)4-5-20(18)23/h3-5,7,10-11,13,23H,6,8-9,12H2,1-2H3,(H,32,38)(H,35,39)(H,40,41)/t23-/m0/s1. The molecule has 0 saturated heterocycles. The Hall–Kier alpha value is -5.00. The van der Waals surface area contributed by atoms with Gasteiger partial charge in [0.2, 0.25) is 0 Å². The highest BCUT2D eigenvalue weighted by Gasteiger charge is 2.29. The zero-order valence-electron chi connectivity index (χ0n) is 22.1. The first kappa shape index (κ1) is 27.6. The van der Waals surface area contributed by atoms with Gasteiger partial charge in [0.25, 0.3) is 11.8 Å². The van der Waals surface area contributed by atoms with Crippen LogP contribution in [-0.4, -0.2) is 43.3 Å².